The van der Waals surface area contributed by atoms with Crippen molar-refractivity contribution in [2.24, 2.45) is 0 Å². The number of carbonyl (C=O) groups is 1. The molecule has 25 heavy (non-hydrogen) atoms. The highest BCUT2D eigenvalue weighted by molar-refractivity contribution is 6.74. The van der Waals surface area contributed by atoms with E-state index in [1.165, 1.54) is 4.90 Å². The summed E-state index contributed by atoms with van der Waals surface area (Å²) >= 11 is 0. The van der Waals surface area contributed by atoms with E-state index in [9.17, 15) is 9.18 Å². The number of nitrogens with zero attached hydrogens (tertiary/aromatic N) is 1. The fraction of sp³-hybridized carbons (Fsp3) is 0.944. The molecule has 0 aromatic carbocycles. The molecule has 1 aliphatic heterocycles. The number of halogens is 1. The Labute approximate surface area is 153 Å². The normalized spacial score (nSPS) is 22.8. The number of alkyl halides is 1. The monoisotopic (exact) mass is 377 g/mol. The van der Waals surface area contributed by atoms with Crippen LogP contribution in [-0.4, -0.2) is 63.5 Å². The van der Waals surface area contributed by atoms with Crippen LogP contribution in [0.25, 0.3) is 0 Å². The predicted molar refractivity (Wildman–Crippen MR) is 100 cm³/mol. The van der Waals surface area contributed by atoms with E-state index in [-0.39, 0.29) is 11.6 Å². The van der Waals surface area contributed by atoms with Crippen LogP contribution in [0.3, 0.4) is 0 Å². The average molecular weight is 378 g/mol. The molecule has 0 aromatic rings. The fourth-order valence-corrected chi connectivity index (χ4v) is 3.30. The smallest absolute Gasteiger partial charge is 0.410 e. The fourth-order valence-electron chi connectivity index (χ4n) is 2.28. The highest BCUT2D eigenvalue weighted by atomic mass is 28.4. The molecule has 0 spiro atoms. The maximum absolute atomic E-state index is 14.3. The van der Waals surface area contributed by atoms with Gasteiger partial charge in [0.2, 0.25) is 0 Å². The van der Waals surface area contributed by atoms with Crippen molar-refractivity contribution >= 4 is 14.4 Å². The summed E-state index contributed by atoms with van der Waals surface area (Å²) < 4.78 is 31.3. The Bertz CT molecular complexity index is 445. The molecule has 7 heteroatoms. The summed E-state index contributed by atoms with van der Waals surface area (Å²) in [5.41, 5.74) is -0.572. The molecule has 1 aliphatic rings. The molecular formula is C18H36FNO4Si. The van der Waals surface area contributed by atoms with Gasteiger partial charge in [0, 0.05) is 6.54 Å². The SMILES string of the molecule is CC(C)(C)OC(=O)N1CC[C@@H](OCCO[Si](C)(C)C(C)(C)C)[C@@H](F)C1. The van der Waals surface area contributed by atoms with Gasteiger partial charge in [0.1, 0.15) is 11.8 Å². The molecule has 1 fully saturated rings. The van der Waals surface area contributed by atoms with Crippen molar-refractivity contribution in [3.05, 3.63) is 0 Å². The highest BCUT2D eigenvalue weighted by Crippen LogP contribution is 2.36. The van der Waals surface area contributed by atoms with Crippen molar-refractivity contribution in [2.45, 2.75) is 84.0 Å². The zero-order valence-corrected chi connectivity index (χ0v) is 18.1. The molecular weight excluding hydrogens is 341 g/mol. The number of likely N-dealkylation sites (tertiary alicyclic amines) is 1. The second-order valence-electron chi connectivity index (χ2n) is 9.25. The highest BCUT2D eigenvalue weighted by Gasteiger charge is 2.37. The average Bonchev–Trinajstić information content (AvgIpc) is 2.41. The lowest BCUT2D eigenvalue weighted by molar-refractivity contribution is -0.0579. The minimum Gasteiger partial charge on any atom is -0.444 e. The lowest BCUT2D eigenvalue weighted by Gasteiger charge is -2.37. The standard InChI is InChI=1S/C18H36FNO4Si/c1-17(2,3)24-16(21)20-10-9-15(14(19)13-20)22-11-12-23-25(7,8)18(4,5)6/h14-15H,9-13H2,1-8H3/t14-,15+/m0/s1. The van der Waals surface area contributed by atoms with Gasteiger partial charge in [0.25, 0.3) is 0 Å². The zero-order chi connectivity index (χ0) is 19.5. The number of hydrogen-bond donors (Lipinski definition) is 0. The molecule has 1 rings (SSSR count). The Hall–Kier alpha value is -0.663. The first kappa shape index (κ1) is 22.4. The summed E-state index contributed by atoms with van der Waals surface area (Å²) in [6, 6.07) is 0. The maximum atomic E-state index is 14.3. The minimum absolute atomic E-state index is 0.0165. The molecule has 1 saturated heterocycles. The summed E-state index contributed by atoms with van der Waals surface area (Å²) in [4.78, 5) is 13.4. The predicted octanol–water partition coefficient (Wildman–Crippen LogP) is 4.37. The number of ether oxygens (including phenoxy) is 2. The van der Waals surface area contributed by atoms with E-state index in [1.807, 2.05) is 0 Å². The third-order valence-corrected chi connectivity index (χ3v) is 9.36. The lowest BCUT2D eigenvalue weighted by Crippen LogP contribution is -2.49. The van der Waals surface area contributed by atoms with E-state index in [4.69, 9.17) is 13.9 Å². The Morgan fingerprint density at radius 3 is 2.24 bits per heavy atom. The molecule has 0 aromatic heterocycles. The third-order valence-electron chi connectivity index (χ3n) is 4.82. The van der Waals surface area contributed by atoms with Crippen molar-refractivity contribution in [3.63, 3.8) is 0 Å². The van der Waals surface area contributed by atoms with E-state index in [0.717, 1.165) is 0 Å². The van der Waals surface area contributed by atoms with Crippen LogP contribution in [-0.2, 0) is 13.9 Å². The van der Waals surface area contributed by atoms with Gasteiger partial charge < -0.3 is 18.8 Å². The molecule has 2 atom stereocenters. The van der Waals surface area contributed by atoms with E-state index in [2.05, 4.69) is 33.9 Å². The van der Waals surface area contributed by atoms with E-state index in [1.54, 1.807) is 20.8 Å². The molecule has 0 unspecified atom stereocenters. The maximum Gasteiger partial charge on any atom is 0.410 e. The van der Waals surface area contributed by atoms with Gasteiger partial charge in [0.05, 0.1) is 25.9 Å². The summed E-state index contributed by atoms with van der Waals surface area (Å²) in [5.74, 6) is 0. The van der Waals surface area contributed by atoms with E-state index in [0.29, 0.717) is 26.2 Å². The van der Waals surface area contributed by atoms with Crippen molar-refractivity contribution in [1.29, 1.82) is 0 Å². The van der Waals surface area contributed by atoms with Crippen LogP contribution in [0.1, 0.15) is 48.0 Å². The molecule has 0 bridgehead atoms. The summed E-state index contributed by atoms with van der Waals surface area (Å²) in [5, 5.41) is 0.147. The topological polar surface area (TPSA) is 48.0 Å². The number of rotatable bonds is 5. The van der Waals surface area contributed by atoms with Crippen LogP contribution in [0.4, 0.5) is 9.18 Å². The third kappa shape index (κ3) is 7.23. The van der Waals surface area contributed by atoms with Gasteiger partial charge >= 0.3 is 6.09 Å². The van der Waals surface area contributed by atoms with Gasteiger partial charge in [-0.05, 0) is 45.3 Å². The lowest BCUT2D eigenvalue weighted by atomic mass is 10.1. The van der Waals surface area contributed by atoms with Crippen LogP contribution in [0.5, 0.6) is 0 Å². The van der Waals surface area contributed by atoms with Crippen molar-refractivity contribution in [3.8, 4) is 0 Å². The van der Waals surface area contributed by atoms with Crippen molar-refractivity contribution in [1.82, 2.24) is 4.90 Å². The minimum atomic E-state index is -1.80. The first-order valence-electron chi connectivity index (χ1n) is 9.10. The van der Waals surface area contributed by atoms with Crippen LogP contribution >= 0.6 is 0 Å². The molecule has 0 aliphatic carbocycles. The molecule has 0 saturated carbocycles. The van der Waals surface area contributed by atoms with Gasteiger partial charge in [-0.1, -0.05) is 20.8 Å². The number of amides is 1. The van der Waals surface area contributed by atoms with Gasteiger partial charge in [-0.2, -0.15) is 0 Å². The number of piperidine rings is 1. The molecule has 1 amide bonds. The van der Waals surface area contributed by atoms with E-state index < -0.39 is 32.3 Å². The molecule has 148 valence electrons. The Morgan fingerprint density at radius 1 is 1.16 bits per heavy atom. The summed E-state index contributed by atoms with van der Waals surface area (Å²) in [6.07, 6.45) is -1.67. The second-order valence-corrected chi connectivity index (χ2v) is 14.1. The molecule has 0 N–H and O–H groups in total. The van der Waals surface area contributed by atoms with Crippen LogP contribution in [0.15, 0.2) is 0 Å². The van der Waals surface area contributed by atoms with Crippen LogP contribution in [0.2, 0.25) is 18.1 Å². The number of hydrogen-bond acceptors (Lipinski definition) is 4. The quantitative estimate of drug-likeness (QED) is 0.527. The molecule has 0 radical (unpaired) electrons. The van der Waals surface area contributed by atoms with Gasteiger partial charge in [0.15, 0.2) is 8.32 Å². The first-order valence-corrected chi connectivity index (χ1v) is 12.0. The van der Waals surface area contributed by atoms with E-state index >= 15 is 0 Å². The second kappa shape index (κ2) is 8.35. The van der Waals surface area contributed by atoms with Crippen molar-refractivity contribution < 1.29 is 23.1 Å². The van der Waals surface area contributed by atoms with Gasteiger partial charge in [-0.3, -0.25) is 0 Å². The van der Waals surface area contributed by atoms with Crippen molar-refractivity contribution in [2.75, 3.05) is 26.3 Å². The van der Waals surface area contributed by atoms with Crippen LogP contribution in [0, 0.1) is 0 Å². The van der Waals surface area contributed by atoms with Crippen LogP contribution < -0.4 is 0 Å². The van der Waals surface area contributed by atoms with Gasteiger partial charge in [-0.15, -0.1) is 0 Å². The molecule has 5 nitrogen and oxygen atoms in total. The Morgan fingerprint density at radius 2 is 1.76 bits per heavy atom. The zero-order valence-electron chi connectivity index (χ0n) is 17.1. The molecule has 1 heterocycles. The summed E-state index contributed by atoms with van der Waals surface area (Å²) in [7, 11) is -1.80. The largest absolute Gasteiger partial charge is 0.444 e. The first-order chi connectivity index (χ1) is 11.2. The Balaban J connectivity index is 2.36. The number of carbonyl (C=O) groups excluding carboxylic acids is 1. The summed E-state index contributed by atoms with van der Waals surface area (Å²) in [6.45, 7) is 17.7. The Kier molecular flexibility index (Phi) is 7.48. The van der Waals surface area contributed by atoms with Gasteiger partial charge in [-0.25, -0.2) is 9.18 Å².